The van der Waals surface area contributed by atoms with Crippen LogP contribution in [0.25, 0.3) is 6.08 Å². The molecule has 0 aliphatic carbocycles. The predicted molar refractivity (Wildman–Crippen MR) is 121 cm³/mol. The van der Waals surface area contributed by atoms with Crippen LogP contribution in [0.3, 0.4) is 0 Å². The molecular weight excluding hydrogens is 386 g/mol. The van der Waals surface area contributed by atoms with Crippen molar-refractivity contribution in [3.05, 3.63) is 70.6 Å². The maximum absolute atomic E-state index is 12.8. The van der Waals surface area contributed by atoms with Gasteiger partial charge in [0.25, 0.3) is 5.91 Å². The van der Waals surface area contributed by atoms with Crippen LogP contribution in [0.1, 0.15) is 11.1 Å². The third-order valence-corrected chi connectivity index (χ3v) is 6.43. The SMILES string of the molecule is Cc1cccc(N2CCN(CN3C(=O)/C(=C/c4ccccc4)SC3=S)CC2)c1. The van der Waals surface area contributed by atoms with Crippen LogP contribution in [0, 0.1) is 6.92 Å². The summed E-state index contributed by atoms with van der Waals surface area (Å²) in [6.07, 6.45) is 1.93. The number of hydrogen-bond donors (Lipinski definition) is 0. The molecule has 0 aromatic heterocycles. The largest absolute Gasteiger partial charge is 0.369 e. The zero-order valence-electron chi connectivity index (χ0n) is 15.9. The lowest BCUT2D eigenvalue weighted by molar-refractivity contribution is -0.123. The molecule has 0 saturated carbocycles. The van der Waals surface area contributed by atoms with E-state index in [1.165, 1.54) is 23.0 Å². The maximum atomic E-state index is 12.8. The number of nitrogens with zero attached hydrogens (tertiary/aromatic N) is 3. The molecule has 1 amide bonds. The minimum absolute atomic E-state index is 0.0139. The van der Waals surface area contributed by atoms with Gasteiger partial charge >= 0.3 is 0 Å². The number of piperazine rings is 1. The fourth-order valence-corrected chi connectivity index (χ4v) is 4.74. The number of anilines is 1. The van der Waals surface area contributed by atoms with Crippen molar-refractivity contribution in [3.8, 4) is 0 Å². The van der Waals surface area contributed by atoms with Crippen molar-refractivity contribution in [2.45, 2.75) is 6.92 Å². The van der Waals surface area contributed by atoms with Crippen molar-refractivity contribution in [3.63, 3.8) is 0 Å². The standard InChI is InChI=1S/C22H23N3OS2/c1-17-6-5-9-19(14-17)24-12-10-23(11-13-24)16-25-21(26)20(28-22(25)27)15-18-7-3-2-4-8-18/h2-9,14-15H,10-13,16H2,1H3/b20-15-. The molecule has 0 spiro atoms. The summed E-state index contributed by atoms with van der Waals surface area (Å²) < 4.78 is 0.647. The highest BCUT2D eigenvalue weighted by Crippen LogP contribution is 2.32. The molecule has 2 aromatic carbocycles. The minimum atomic E-state index is 0.0139. The average molecular weight is 410 g/mol. The first-order valence-corrected chi connectivity index (χ1v) is 10.7. The van der Waals surface area contributed by atoms with Crippen LogP contribution in [0.4, 0.5) is 5.69 Å². The lowest BCUT2D eigenvalue weighted by atomic mass is 10.2. The molecule has 0 radical (unpaired) electrons. The maximum Gasteiger partial charge on any atom is 0.267 e. The highest BCUT2D eigenvalue weighted by Gasteiger charge is 2.33. The van der Waals surface area contributed by atoms with E-state index in [9.17, 15) is 4.79 Å². The third kappa shape index (κ3) is 4.29. The molecule has 0 atom stereocenters. The fraction of sp³-hybridized carbons (Fsp3) is 0.273. The van der Waals surface area contributed by atoms with Gasteiger partial charge in [-0.3, -0.25) is 14.6 Å². The molecule has 2 saturated heterocycles. The zero-order valence-corrected chi connectivity index (χ0v) is 17.5. The number of thiocarbonyl (C=S) groups is 1. The van der Waals surface area contributed by atoms with Gasteiger partial charge in [0.05, 0.1) is 11.6 Å². The van der Waals surface area contributed by atoms with Crippen LogP contribution in [0.15, 0.2) is 59.5 Å². The zero-order chi connectivity index (χ0) is 19.5. The van der Waals surface area contributed by atoms with E-state index in [-0.39, 0.29) is 5.91 Å². The monoisotopic (exact) mass is 409 g/mol. The van der Waals surface area contributed by atoms with Gasteiger partial charge < -0.3 is 4.90 Å². The summed E-state index contributed by atoms with van der Waals surface area (Å²) in [5.74, 6) is 0.0139. The lowest BCUT2D eigenvalue weighted by Gasteiger charge is -2.37. The molecule has 28 heavy (non-hydrogen) atoms. The Morgan fingerprint density at radius 2 is 1.79 bits per heavy atom. The number of hydrogen-bond acceptors (Lipinski definition) is 5. The molecule has 2 aliphatic rings. The van der Waals surface area contributed by atoms with Gasteiger partial charge in [0.1, 0.15) is 4.32 Å². The molecule has 6 heteroatoms. The van der Waals surface area contributed by atoms with Gasteiger partial charge in [0.15, 0.2) is 0 Å². The van der Waals surface area contributed by atoms with Crippen molar-refractivity contribution >= 4 is 46.0 Å². The Bertz CT molecular complexity index is 905. The van der Waals surface area contributed by atoms with Gasteiger partial charge in [-0.1, -0.05) is 66.4 Å². The van der Waals surface area contributed by atoms with E-state index in [0.29, 0.717) is 15.9 Å². The predicted octanol–water partition coefficient (Wildman–Crippen LogP) is 3.98. The Morgan fingerprint density at radius 3 is 2.50 bits per heavy atom. The number of carbonyl (C=O) groups excluding carboxylic acids is 1. The third-order valence-electron chi connectivity index (χ3n) is 5.05. The summed E-state index contributed by atoms with van der Waals surface area (Å²) in [6, 6.07) is 18.5. The summed E-state index contributed by atoms with van der Waals surface area (Å²) in [5.41, 5.74) is 3.58. The van der Waals surface area contributed by atoms with E-state index in [1.807, 2.05) is 36.4 Å². The van der Waals surface area contributed by atoms with E-state index < -0.39 is 0 Å². The first-order valence-electron chi connectivity index (χ1n) is 9.44. The molecule has 4 rings (SSSR count). The summed E-state index contributed by atoms with van der Waals surface area (Å²) in [7, 11) is 0. The Kier molecular flexibility index (Phi) is 5.80. The molecule has 4 nitrogen and oxygen atoms in total. The quantitative estimate of drug-likeness (QED) is 0.562. The first-order chi connectivity index (χ1) is 13.6. The summed E-state index contributed by atoms with van der Waals surface area (Å²) in [6.45, 7) is 6.44. The number of aryl methyl sites for hydroxylation is 1. The Hall–Kier alpha value is -2.15. The van der Waals surface area contributed by atoms with Crippen molar-refractivity contribution < 1.29 is 4.79 Å². The topological polar surface area (TPSA) is 26.8 Å². The van der Waals surface area contributed by atoms with Gasteiger partial charge in [-0.2, -0.15) is 0 Å². The number of carbonyl (C=O) groups is 1. The van der Waals surface area contributed by atoms with Gasteiger partial charge in [-0.05, 0) is 36.3 Å². The van der Waals surface area contributed by atoms with E-state index in [2.05, 4.69) is 41.0 Å². The summed E-state index contributed by atoms with van der Waals surface area (Å²) in [5, 5.41) is 0. The number of rotatable bonds is 4. The van der Waals surface area contributed by atoms with E-state index in [1.54, 1.807) is 4.90 Å². The van der Waals surface area contributed by atoms with Crippen LogP contribution in [0.2, 0.25) is 0 Å². The van der Waals surface area contributed by atoms with Crippen molar-refractivity contribution in [2.24, 2.45) is 0 Å². The highest BCUT2D eigenvalue weighted by atomic mass is 32.2. The first kappa shape index (κ1) is 19.2. The molecule has 0 bridgehead atoms. The lowest BCUT2D eigenvalue weighted by Crippen LogP contribution is -2.50. The molecule has 2 heterocycles. The molecule has 144 valence electrons. The number of benzene rings is 2. The van der Waals surface area contributed by atoms with Crippen molar-refractivity contribution in [1.82, 2.24) is 9.80 Å². The minimum Gasteiger partial charge on any atom is -0.369 e. The van der Waals surface area contributed by atoms with Crippen molar-refractivity contribution in [1.29, 1.82) is 0 Å². The molecule has 2 aromatic rings. The number of thioether (sulfide) groups is 1. The van der Waals surface area contributed by atoms with Gasteiger partial charge in [-0.15, -0.1) is 0 Å². The van der Waals surface area contributed by atoms with Crippen LogP contribution in [0.5, 0.6) is 0 Å². The summed E-state index contributed by atoms with van der Waals surface area (Å²) in [4.78, 5) is 20.0. The molecular formula is C22H23N3OS2. The second kappa shape index (κ2) is 8.47. The van der Waals surface area contributed by atoms with Crippen LogP contribution in [-0.4, -0.2) is 52.9 Å². The molecule has 0 unspecified atom stereocenters. The van der Waals surface area contributed by atoms with E-state index in [0.717, 1.165) is 31.7 Å². The van der Waals surface area contributed by atoms with Gasteiger partial charge in [0.2, 0.25) is 0 Å². The second-order valence-electron chi connectivity index (χ2n) is 7.11. The smallest absolute Gasteiger partial charge is 0.267 e. The van der Waals surface area contributed by atoms with Crippen LogP contribution >= 0.6 is 24.0 Å². The average Bonchev–Trinajstić information content (AvgIpc) is 2.97. The van der Waals surface area contributed by atoms with Gasteiger partial charge in [0, 0.05) is 31.9 Å². The second-order valence-corrected chi connectivity index (χ2v) is 8.78. The highest BCUT2D eigenvalue weighted by molar-refractivity contribution is 8.26. The number of amides is 1. The van der Waals surface area contributed by atoms with Gasteiger partial charge in [-0.25, -0.2) is 0 Å². The van der Waals surface area contributed by atoms with E-state index in [4.69, 9.17) is 12.2 Å². The molecule has 2 fully saturated rings. The Morgan fingerprint density at radius 1 is 1.04 bits per heavy atom. The Balaban J connectivity index is 1.37. The van der Waals surface area contributed by atoms with Crippen LogP contribution in [-0.2, 0) is 4.79 Å². The van der Waals surface area contributed by atoms with Crippen LogP contribution < -0.4 is 4.90 Å². The van der Waals surface area contributed by atoms with Crippen molar-refractivity contribution in [2.75, 3.05) is 37.7 Å². The molecule has 0 N–H and O–H groups in total. The normalized spacial score (nSPS) is 19.7. The summed E-state index contributed by atoms with van der Waals surface area (Å²) >= 11 is 6.88. The fourth-order valence-electron chi connectivity index (χ4n) is 3.49. The van der Waals surface area contributed by atoms with E-state index >= 15 is 0 Å². The molecule has 2 aliphatic heterocycles. The Labute approximate surface area is 175 Å².